The standard InChI is InChI=1S/C20H21NO4/c1-11-10-15-17(20(24)25-19(15)23)14-8-9-16(22)21(18(11)14)12(2)13-6-4-3-5-7-13/h3-7,12,14-15,17H,8-10H2,1-2H3/t12-,14?,15+,17-/m0/s1. The Hall–Kier alpha value is -2.43. The fourth-order valence-corrected chi connectivity index (χ4v) is 4.67. The van der Waals surface area contributed by atoms with Crippen molar-refractivity contribution < 1.29 is 19.1 Å². The smallest absolute Gasteiger partial charge is 0.318 e. The molecule has 5 heteroatoms. The monoisotopic (exact) mass is 339 g/mol. The van der Waals surface area contributed by atoms with Crippen LogP contribution in [0.15, 0.2) is 41.6 Å². The first kappa shape index (κ1) is 16.1. The third-order valence-corrected chi connectivity index (χ3v) is 5.82. The second-order valence-corrected chi connectivity index (χ2v) is 7.24. The summed E-state index contributed by atoms with van der Waals surface area (Å²) in [5.74, 6) is -1.69. The maximum absolute atomic E-state index is 12.8. The molecular formula is C20H21NO4. The van der Waals surface area contributed by atoms with Crippen LogP contribution in [0.5, 0.6) is 0 Å². The third-order valence-electron chi connectivity index (χ3n) is 5.82. The number of esters is 2. The second kappa shape index (κ2) is 5.83. The maximum Gasteiger partial charge on any atom is 0.318 e. The Labute approximate surface area is 146 Å². The average molecular weight is 339 g/mol. The highest BCUT2D eigenvalue weighted by Crippen LogP contribution is 2.50. The Morgan fingerprint density at radius 2 is 1.80 bits per heavy atom. The van der Waals surface area contributed by atoms with Gasteiger partial charge < -0.3 is 9.64 Å². The van der Waals surface area contributed by atoms with Gasteiger partial charge in [0, 0.05) is 18.0 Å². The molecule has 0 spiro atoms. The summed E-state index contributed by atoms with van der Waals surface area (Å²) in [6.45, 7) is 3.98. The van der Waals surface area contributed by atoms with Gasteiger partial charge in [0.25, 0.3) is 0 Å². The lowest BCUT2D eigenvalue weighted by Crippen LogP contribution is -2.46. The van der Waals surface area contributed by atoms with Crippen LogP contribution in [0.3, 0.4) is 0 Å². The highest BCUT2D eigenvalue weighted by Gasteiger charge is 2.54. The predicted molar refractivity (Wildman–Crippen MR) is 89.8 cm³/mol. The molecule has 2 heterocycles. The van der Waals surface area contributed by atoms with Crippen LogP contribution < -0.4 is 0 Å². The number of benzene rings is 1. The topological polar surface area (TPSA) is 63.7 Å². The molecule has 4 rings (SSSR count). The molecule has 5 nitrogen and oxygen atoms in total. The second-order valence-electron chi connectivity index (χ2n) is 7.24. The van der Waals surface area contributed by atoms with Gasteiger partial charge in [-0.3, -0.25) is 14.4 Å². The van der Waals surface area contributed by atoms with E-state index in [9.17, 15) is 14.4 Å². The van der Waals surface area contributed by atoms with Crippen LogP contribution in [-0.2, 0) is 19.1 Å². The Balaban J connectivity index is 1.77. The molecule has 3 aliphatic rings. The number of ether oxygens (including phenoxy) is 1. The van der Waals surface area contributed by atoms with Crippen LogP contribution >= 0.6 is 0 Å². The van der Waals surface area contributed by atoms with Gasteiger partial charge in [0.2, 0.25) is 5.91 Å². The van der Waals surface area contributed by atoms with E-state index in [2.05, 4.69) is 0 Å². The Morgan fingerprint density at radius 1 is 1.08 bits per heavy atom. The number of cyclic esters (lactones) is 2. The van der Waals surface area contributed by atoms with Gasteiger partial charge >= 0.3 is 11.9 Å². The van der Waals surface area contributed by atoms with E-state index in [0.29, 0.717) is 19.3 Å². The molecule has 2 fully saturated rings. The fourth-order valence-electron chi connectivity index (χ4n) is 4.67. The lowest BCUT2D eigenvalue weighted by Gasteiger charge is -2.45. The summed E-state index contributed by atoms with van der Waals surface area (Å²) < 4.78 is 4.90. The number of likely N-dealkylation sites (tertiary alicyclic amines) is 1. The van der Waals surface area contributed by atoms with Crippen molar-refractivity contribution in [2.45, 2.75) is 39.2 Å². The van der Waals surface area contributed by atoms with Crippen molar-refractivity contribution in [3.63, 3.8) is 0 Å². The van der Waals surface area contributed by atoms with Crippen molar-refractivity contribution in [2.24, 2.45) is 17.8 Å². The summed E-state index contributed by atoms with van der Waals surface area (Å²) in [5.41, 5.74) is 3.01. The first-order valence-corrected chi connectivity index (χ1v) is 8.81. The molecule has 1 unspecified atom stereocenters. The van der Waals surface area contributed by atoms with Crippen molar-refractivity contribution in [3.8, 4) is 0 Å². The van der Waals surface area contributed by atoms with Gasteiger partial charge in [0.15, 0.2) is 0 Å². The van der Waals surface area contributed by atoms with Gasteiger partial charge in [-0.15, -0.1) is 0 Å². The molecule has 130 valence electrons. The van der Waals surface area contributed by atoms with Crippen LogP contribution in [-0.4, -0.2) is 22.7 Å². The SMILES string of the molecule is CC1=C2C(CCC(=O)N2[C@@H](C)c2ccccc2)[C@@H]2C(=O)OC(=O)[C@@H]2C1. The summed E-state index contributed by atoms with van der Waals surface area (Å²) in [4.78, 5) is 38.8. The molecule has 0 radical (unpaired) electrons. The van der Waals surface area contributed by atoms with E-state index in [0.717, 1.165) is 16.8 Å². The minimum absolute atomic E-state index is 0.0816. The zero-order chi connectivity index (χ0) is 17.7. The van der Waals surface area contributed by atoms with Gasteiger partial charge in [-0.2, -0.15) is 0 Å². The van der Waals surface area contributed by atoms with Crippen molar-refractivity contribution in [2.75, 3.05) is 0 Å². The molecular weight excluding hydrogens is 318 g/mol. The van der Waals surface area contributed by atoms with E-state index < -0.39 is 17.9 Å². The number of nitrogens with zero attached hydrogens (tertiary/aromatic N) is 1. The molecule has 0 N–H and O–H groups in total. The highest BCUT2D eigenvalue weighted by molar-refractivity contribution is 5.97. The number of carbonyl (C=O) groups excluding carboxylic acids is 3. The van der Waals surface area contributed by atoms with Gasteiger partial charge in [-0.05, 0) is 32.3 Å². The molecule has 1 aliphatic carbocycles. The lowest BCUT2D eigenvalue weighted by atomic mass is 9.69. The Bertz CT molecular complexity index is 782. The van der Waals surface area contributed by atoms with Gasteiger partial charge in [-0.25, -0.2) is 0 Å². The molecule has 0 aromatic heterocycles. The molecule has 2 saturated heterocycles. The fraction of sp³-hybridized carbons (Fsp3) is 0.450. The highest BCUT2D eigenvalue weighted by atomic mass is 16.6. The molecule has 0 saturated carbocycles. The molecule has 2 aliphatic heterocycles. The van der Waals surface area contributed by atoms with E-state index in [1.54, 1.807) is 0 Å². The van der Waals surface area contributed by atoms with Crippen LogP contribution in [0, 0.1) is 17.8 Å². The van der Waals surface area contributed by atoms with E-state index in [1.807, 2.05) is 49.1 Å². The van der Waals surface area contributed by atoms with E-state index in [1.165, 1.54) is 0 Å². The number of rotatable bonds is 2. The number of piperidine rings is 1. The zero-order valence-corrected chi connectivity index (χ0v) is 14.4. The van der Waals surface area contributed by atoms with Crippen LogP contribution in [0.1, 0.15) is 44.7 Å². The number of carbonyl (C=O) groups is 3. The van der Waals surface area contributed by atoms with Gasteiger partial charge in [0.05, 0.1) is 17.9 Å². The van der Waals surface area contributed by atoms with Gasteiger partial charge in [-0.1, -0.05) is 35.9 Å². The zero-order valence-electron chi connectivity index (χ0n) is 14.4. The third kappa shape index (κ3) is 2.41. The van der Waals surface area contributed by atoms with E-state index in [-0.39, 0.29) is 23.8 Å². The minimum atomic E-state index is -0.440. The summed E-state index contributed by atoms with van der Waals surface area (Å²) in [7, 11) is 0. The molecule has 1 aromatic carbocycles. The Kier molecular flexibility index (Phi) is 3.74. The first-order chi connectivity index (χ1) is 12.0. The van der Waals surface area contributed by atoms with Crippen molar-refractivity contribution in [1.29, 1.82) is 0 Å². The van der Waals surface area contributed by atoms with Crippen LogP contribution in [0.2, 0.25) is 0 Å². The first-order valence-electron chi connectivity index (χ1n) is 8.81. The van der Waals surface area contributed by atoms with Crippen molar-refractivity contribution in [3.05, 3.63) is 47.2 Å². The summed E-state index contributed by atoms with van der Waals surface area (Å²) in [6.07, 6.45) is 1.49. The number of fused-ring (bicyclic) bond motifs is 3. The minimum Gasteiger partial charge on any atom is -0.393 e. The average Bonchev–Trinajstić information content (AvgIpc) is 2.89. The number of hydrogen-bond donors (Lipinski definition) is 0. The molecule has 4 atom stereocenters. The normalized spacial score (nSPS) is 30.1. The van der Waals surface area contributed by atoms with E-state index in [4.69, 9.17) is 4.74 Å². The Morgan fingerprint density at radius 3 is 2.52 bits per heavy atom. The maximum atomic E-state index is 12.8. The van der Waals surface area contributed by atoms with Crippen LogP contribution in [0.25, 0.3) is 0 Å². The van der Waals surface area contributed by atoms with E-state index >= 15 is 0 Å². The summed E-state index contributed by atoms with van der Waals surface area (Å²) in [6, 6.07) is 9.79. The summed E-state index contributed by atoms with van der Waals surface area (Å²) in [5, 5.41) is 0. The molecule has 1 amide bonds. The molecule has 0 bridgehead atoms. The largest absolute Gasteiger partial charge is 0.393 e. The summed E-state index contributed by atoms with van der Waals surface area (Å²) >= 11 is 0. The van der Waals surface area contributed by atoms with Gasteiger partial charge in [0.1, 0.15) is 0 Å². The van der Waals surface area contributed by atoms with Crippen molar-refractivity contribution in [1.82, 2.24) is 4.90 Å². The number of allylic oxidation sites excluding steroid dienone is 2. The number of hydrogen-bond acceptors (Lipinski definition) is 4. The quantitative estimate of drug-likeness (QED) is 0.614. The lowest BCUT2D eigenvalue weighted by molar-refractivity contribution is -0.154. The molecule has 25 heavy (non-hydrogen) atoms. The van der Waals surface area contributed by atoms with Crippen molar-refractivity contribution >= 4 is 17.8 Å². The predicted octanol–water partition coefficient (Wildman–Crippen LogP) is 2.98. The number of amides is 1. The molecule has 1 aromatic rings. The van der Waals surface area contributed by atoms with Crippen LogP contribution in [0.4, 0.5) is 0 Å².